The van der Waals surface area contributed by atoms with Crippen molar-refractivity contribution in [1.82, 2.24) is 4.90 Å². The molecule has 176 valence electrons. The summed E-state index contributed by atoms with van der Waals surface area (Å²) in [6.45, 7) is 2.78. The number of non-ortho nitro benzene ring substituents is 1. The molecule has 1 N–H and O–H groups in total. The number of morpholine rings is 1. The van der Waals surface area contributed by atoms with Gasteiger partial charge < -0.3 is 9.64 Å². The van der Waals surface area contributed by atoms with Crippen LogP contribution in [0.2, 0.25) is 0 Å². The molecule has 4 rings (SSSR count). The number of nitrogens with zero attached hydrogens (tertiary/aromatic N) is 2. The summed E-state index contributed by atoms with van der Waals surface area (Å²) in [4.78, 5) is 24.9. The monoisotopic (exact) mass is 481 g/mol. The fourth-order valence-electron chi connectivity index (χ4n) is 3.81. The third kappa shape index (κ3) is 5.24. The molecule has 0 spiro atoms. The summed E-state index contributed by atoms with van der Waals surface area (Å²) in [6.07, 6.45) is -0.362. The molecule has 10 heteroatoms. The third-order valence-electron chi connectivity index (χ3n) is 5.44. The summed E-state index contributed by atoms with van der Waals surface area (Å²) < 4.78 is 33.7. The molecule has 1 amide bonds. The van der Waals surface area contributed by atoms with Gasteiger partial charge >= 0.3 is 0 Å². The summed E-state index contributed by atoms with van der Waals surface area (Å²) in [6, 6.07) is 20.6. The molecule has 0 bridgehead atoms. The summed E-state index contributed by atoms with van der Waals surface area (Å²) in [5, 5.41) is 10.9. The van der Waals surface area contributed by atoms with Crippen LogP contribution >= 0.6 is 0 Å². The van der Waals surface area contributed by atoms with E-state index >= 15 is 0 Å². The van der Waals surface area contributed by atoms with Gasteiger partial charge in [0.15, 0.2) is 0 Å². The van der Waals surface area contributed by atoms with E-state index in [1.165, 1.54) is 30.3 Å². The summed E-state index contributed by atoms with van der Waals surface area (Å²) in [5.74, 6) is -0.177. The number of benzene rings is 3. The van der Waals surface area contributed by atoms with Gasteiger partial charge in [-0.2, -0.15) is 0 Å². The van der Waals surface area contributed by atoms with Crippen molar-refractivity contribution in [2.45, 2.75) is 24.0 Å². The molecule has 2 atom stereocenters. The predicted molar refractivity (Wildman–Crippen MR) is 126 cm³/mol. The molecule has 2 unspecified atom stereocenters. The van der Waals surface area contributed by atoms with Crippen LogP contribution in [-0.4, -0.2) is 43.3 Å². The molecule has 3 aromatic carbocycles. The first-order valence-corrected chi connectivity index (χ1v) is 12.1. The van der Waals surface area contributed by atoms with E-state index in [-0.39, 0.29) is 34.4 Å². The van der Waals surface area contributed by atoms with Gasteiger partial charge in [-0.15, -0.1) is 0 Å². The zero-order chi connectivity index (χ0) is 24.3. The zero-order valence-electron chi connectivity index (χ0n) is 18.3. The number of carbonyl (C=O) groups is 1. The fourth-order valence-corrected chi connectivity index (χ4v) is 4.91. The Morgan fingerprint density at radius 1 is 1.03 bits per heavy atom. The number of carbonyl (C=O) groups excluding carboxylic acids is 1. The van der Waals surface area contributed by atoms with Crippen LogP contribution in [0.15, 0.2) is 83.8 Å². The quantitative estimate of drug-likeness (QED) is 0.420. The van der Waals surface area contributed by atoms with Crippen molar-refractivity contribution >= 4 is 27.3 Å². The first kappa shape index (κ1) is 23.4. The van der Waals surface area contributed by atoms with Crippen LogP contribution in [0.5, 0.6) is 0 Å². The molecule has 0 aromatic heterocycles. The SMILES string of the molecule is CC1CN(C(=O)c2ccc(NS(=O)(=O)c3cccc([N+](=O)[O-])c3)cc2)CC(c2ccccc2)O1. The highest BCUT2D eigenvalue weighted by atomic mass is 32.2. The topological polar surface area (TPSA) is 119 Å². The lowest BCUT2D eigenvalue weighted by atomic mass is 10.1. The molecule has 34 heavy (non-hydrogen) atoms. The van der Waals surface area contributed by atoms with Gasteiger partial charge in [-0.3, -0.25) is 19.6 Å². The minimum absolute atomic E-state index is 0.135. The molecule has 9 nitrogen and oxygen atoms in total. The molecule has 1 aliphatic heterocycles. The highest BCUT2D eigenvalue weighted by molar-refractivity contribution is 7.92. The molecule has 0 saturated carbocycles. The Labute approximate surface area is 197 Å². The van der Waals surface area contributed by atoms with E-state index < -0.39 is 14.9 Å². The molecule has 0 aliphatic carbocycles. The van der Waals surface area contributed by atoms with Gasteiger partial charge in [0.1, 0.15) is 6.10 Å². The Morgan fingerprint density at radius 3 is 2.41 bits per heavy atom. The lowest BCUT2D eigenvalue weighted by Crippen LogP contribution is -2.45. The van der Waals surface area contributed by atoms with E-state index in [1.54, 1.807) is 17.0 Å². The van der Waals surface area contributed by atoms with Crippen molar-refractivity contribution in [3.8, 4) is 0 Å². The number of rotatable bonds is 6. The van der Waals surface area contributed by atoms with Gasteiger partial charge in [-0.05, 0) is 42.8 Å². The van der Waals surface area contributed by atoms with Crippen LogP contribution in [-0.2, 0) is 14.8 Å². The van der Waals surface area contributed by atoms with Gasteiger partial charge in [-0.25, -0.2) is 8.42 Å². The first-order chi connectivity index (χ1) is 16.2. The molecular formula is C24H23N3O6S. The zero-order valence-corrected chi connectivity index (χ0v) is 19.1. The van der Waals surface area contributed by atoms with Gasteiger partial charge in [-0.1, -0.05) is 36.4 Å². The maximum atomic E-state index is 13.1. The maximum absolute atomic E-state index is 13.1. The number of hydrogen-bond donors (Lipinski definition) is 1. The number of anilines is 1. The fraction of sp³-hybridized carbons (Fsp3) is 0.208. The number of amides is 1. The minimum atomic E-state index is -4.03. The second-order valence-electron chi connectivity index (χ2n) is 7.99. The number of hydrogen-bond acceptors (Lipinski definition) is 6. The second-order valence-corrected chi connectivity index (χ2v) is 9.68. The maximum Gasteiger partial charge on any atom is 0.270 e. The van der Waals surface area contributed by atoms with Crippen LogP contribution in [0.25, 0.3) is 0 Å². The van der Waals surface area contributed by atoms with Gasteiger partial charge in [0.25, 0.3) is 21.6 Å². The molecular weight excluding hydrogens is 458 g/mol. The van der Waals surface area contributed by atoms with Gasteiger partial charge in [0.05, 0.1) is 22.5 Å². The third-order valence-corrected chi connectivity index (χ3v) is 6.82. The lowest BCUT2D eigenvalue weighted by Gasteiger charge is -2.37. The van der Waals surface area contributed by atoms with Crippen molar-refractivity contribution < 1.29 is 22.9 Å². The van der Waals surface area contributed by atoms with E-state index in [0.717, 1.165) is 11.6 Å². The van der Waals surface area contributed by atoms with Crippen molar-refractivity contribution in [2.75, 3.05) is 17.8 Å². The van der Waals surface area contributed by atoms with Crippen molar-refractivity contribution in [3.63, 3.8) is 0 Å². The van der Waals surface area contributed by atoms with E-state index in [1.807, 2.05) is 37.3 Å². The Hall–Kier alpha value is -3.76. The summed E-state index contributed by atoms with van der Waals surface area (Å²) in [7, 11) is -4.03. The smallest absolute Gasteiger partial charge is 0.270 e. The van der Waals surface area contributed by atoms with Crippen LogP contribution in [0.3, 0.4) is 0 Å². The minimum Gasteiger partial charge on any atom is -0.367 e. The molecule has 1 heterocycles. The number of nitrogens with one attached hydrogen (secondary N) is 1. The second kappa shape index (κ2) is 9.62. The van der Waals surface area contributed by atoms with E-state index in [9.17, 15) is 23.3 Å². The number of ether oxygens (including phenoxy) is 1. The molecule has 3 aromatic rings. The average Bonchev–Trinajstić information content (AvgIpc) is 2.84. The first-order valence-electron chi connectivity index (χ1n) is 10.6. The standard InChI is InChI=1S/C24H23N3O6S/c1-17-15-26(16-23(33-17)18-6-3-2-4-7-18)24(28)19-10-12-20(13-11-19)25-34(31,32)22-9-5-8-21(14-22)27(29)30/h2-14,17,23,25H,15-16H2,1H3. The molecule has 0 radical (unpaired) electrons. The Bertz CT molecular complexity index is 1300. The van der Waals surface area contributed by atoms with E-state index in [0.29, 0.717) is 18.7 Å². The number of sulfonamides is 1. The summed E-state index contributed by atoms with van der Waals surface area (Å²) >= 11 is 0. The summed E-state index contributed by atoms with van der Waals surface area (Å²) in [5.41, 5.74) is 1.33. The highest BCUT2D eigenvalue weighted by Crippen LogP contribution is 2.27. The van der Waals surface area contributed by atoms with Gasteiger partial charge in [0, 0.05) is 29.9 Å². The molecule has 1 aliphatic rings. The highest BCUT2D eigenvalue weighted by Gasteiger charge is 2.30. The largest absolute Gasteiger partial charge is 0.367 e. The Morgan fingerprint density at radius 2 is 1.74 bits per heavy atom. The number of nitro groups is 1. The Kier molecular flexibility index (Phi) is 6.62. The molecule has 1 fully saturated rings. The van der Waals surface area contributed by atoms with Crippen LogP contribution in [0.4, 0.5) is 11.4 Å². The average molecular weight is 482 g/mol. The van der Waals surface area contributed by atoms with Crippen molar-refractivity contribution in [1.29, 1.82) is 0 Å². The van der Waals surface area contributed by atoms with E-state index in [4.69, 9.17) is 4.74 Å². The van der Waals surface area contributed by atoms with Gasteiger partial charge in [0.2, 0.25) is 0 Å². The number of nitro benzene ring substituents is 1. The normalized spacial score (nSPS) is 18.3. The van der Waals surface area contributed by atoms with Crippen molar-refractivity contribution in [2.24, 2.45) is 0 Å². The van der Waals surface area contributed by atoms with Crippen LogP contribution in [0, 0.1) is 10.1 Å². The molecule has 1 saturated heterocycles. The predicted octanol–water partition coefficient (Wildman–Crippen LogP) is 4.00. The van der Waals surface area contributed by atoms with Crippen LogP contribution < -0.4 is 4.72 Å². The van der Waals surface area contributed by atoms with E-state index in [2.05, 4.69) is 4.72 Å². The van der Waals surface area contributed by atoms with Crippen molar-refractivity contribution in [3.05, 3.63) is 100 Å². The lowest BCUT2D eigenvalue weighted by molar-refractivity contribution is -0.385. The Balaban J connectivity index is 1.47. The van der Waals surface area contributed by atoms with Crippen LogP contribution in [0.1, 0.15) is 28.9 Å².